The molecule has 76 valence electrons. The van der Waals surface area contributed by atoms with E-state index in [2.05, 4.69) is 6.58 Å². The first kappa shape index (κ1) is 9.52. The minimum Gasteiger partial charge on any atom is -0.482 e. The van der Waals surface area contributed by atoms with Gasteiger partial charge in [0.25, 0.3) is 0 Å². The van der Waals surface area contributed by atoms with Crippen LogP contribution in [0, 0.1) is 0 Å². The number of para-hydroxylation sites is 1. The average molecular weight is 202 g/mol. The second kappa shape index (κ2) is 4.00. The van der Waals surface area contributed by atoms with Crippen LogP contribution in [-0.4, -0.2) is 6.61 Å². The van der Waals surface area contributed by atoms with E-state index >= 15 is 0 Å². The van der Waals surface area contributed by atoms with Gasteiger partial charge < -0.3 is 9.15 Å². The maximum Gasteiger partial charge on any atom is 0.379 e. The highest BCUT2D eigenvalue weighted by molar-refractivity contribution is 5.77. The van der Waals surface area contributed by atoms with E-state index in [0.717, 1.165) is 5.39 Å². The second-order valence-corrected chi connectivity index (χ2v) is 3.04. The van der Waals surface area contributed by atoms with Gasteiger partial charge in [-0.3, -0.25) is 0 Å². The summed E-state index contributed by atoms with van der Waals surface area (Å²) in [4.78, 5) is 11.4. The van der Waals surface area contributed by atoms with Crippen molar-refractivity contribution in [2.45, 2.75) is 0 Å². The third kappa shape index (κ3) is 1.91. The van der Waals surface area contributed by atoms with Crippen molar-refractivity contribution >= 4 is 11.0 Å². The molecular weight excluding hydrogens is 192 g/mol. The van der Waals surface area contributed by atoms with Crippen molar-refractivity contribution in [1.82, 2.24) is 0 Å². The highest BCUT2D eigenvalue weighted by atomic mass is 16.5. The Hall–Kier alpha value is -2.03. The maximum atomic E-state index is 11.4. The van der Waals surface area contributed by atoms with Gasteiger partial charge in [0.1, 0.15) is 12.2 Å². The van der Waals surface area contributed by atoms with Crippen molar-refractivity contribution in [2.75, 3.05) is 6.61 Å². The average Bonchev–Trinajstić information content (AvgIpc) is 2.26. The second-order valence-electron chi connectivity index (χ2n) is 3.04. The van der Waals surface area contributed by atoms with Crippen LogP contribution in [0.1, 0.15) is 0 Å². The van der Waals surface area contributed by atoms with Crippen LogP contribution in [0.15, 0.2) is 52.2 Å². The first-order valence-electron chi connectivity index (χ1n) is 4.58. The zero-order valence-electron chi connectivity index (χ0n) is 8.10. The van der Waals surface area contributed by atoms with E-state index in [0.29, 0.717) is 12.2 Å². The summed E-state index contributed by atoms with van der Waals surface area (Å²) in [5.74, 6) is 0.216. The molecule has 1 aromatic carbocycles. The lowest BCUT2D eigenvalue weighted by atomic mass is 10.2. The summed E-state index contributed by atoms with van der Waals surface area (Å²) in [6.45, 7) is 3.80. The quantitative estimate of drug-likeness (QED) is 0.566. The van der Waals surface area contributed by atoms with Gasteiger partial charge in [-0.15, -0.1) is 0 Å². The number of rotatable bonds is 3. The van der Waals surface area contributed by atoms with Crippen molar-refractivity contribution < 1.29 is 9.15 Å². The Morgan fingerprint density at radius 2 is 2.20 bits per heavy atom. The molecule has 0 saturated heterocycles. The molecule has 0 aliphatic rings. The van der Waals surface area contributed by atoms with Crippen LogP contribution >= 0.6 is 0 Å². The SMILES string of the molecule is C=CCOc1cc2ccccc2oc1=O. The molecular formula is C12H10O3. The largest absolute Gasteiger partial charge is 0.482 e. The fourth-order valence-electron chi connectivity index (χ4n) is 1.29. The molecule has 1 heterocycles. The van der Waals surface area contributed by atoms with E-state index in [9.17, 15) is 4.79 Å². The predicted octanol–water partition coefficient (Wildman–Crippen LogP) is 2.36. The van der Waals surface area contributed by atoms with Gasteiger partial charge >= 0.3 is 5.63 Å². The molecule has 0 fully saturated rings. The summed E-state index contributed by atoms with van der Waals surface area (Å²) < 4.78 is 10.2. The van der Waals surface area contributed by atoms with Gasteiger partial charge in [0, 0.05) is 5.39 Å². The van der Waals surface area contributed by atoms with Crippen LogP contribution in [0.3, 0.4) is 0 Å². The summed E-state index contributed by atoms with van der Waals surface area (Å²) in [6.07, 6.45) is 1.58. The van der Waals surface area contributed by atoms with Crippen molar-refractivity contribution in [3.05, 3.63) is 53.4 Å². The van der Waals surface area contributed by atoms with Gasteiger partial charge in [0.05, 0.1) is 0 Å². The van der Waals surface area contributed by atoms with E-state index in [4.69, 9.17) is 9.15 Å². The summed E-state index contributed by atoms with van der Waals surface area (Å²) in [5.41, 5.74) is 0.101. The fourth-order valence-corrected chi connectivity index (χ4v) is 1.29. The van der Waals surface area contributed by atoms with Crippen LogP contribution < -0.4 is 10.4 Å². The molecule has 0 bridgehead atoms. The third-order valence-corrected chi connectivity index (χ3v) is 1.97. The molecule has 1 aromatic heterocycles. The number of hydrogen-bond acceptors (Lipinski definition) is 3. The normalized spacial score (nSPS) is 10.1. The maximum absolute atomic E-state index is 11.4. The Balaban J connectivity index is 2.52. The molecule has 0 atom stereocenters. The van der Waals surface area contributed by atoms with Crippen molar-refractivity contribution in [1.29, 1.82) is 0 Å². The van der Waals surface area contributed by atoms with Crippen LogP contribution in [0.4, 0.5) is 0 Å². The van der Waals surface area contributed by atoms with Crippen LogP contribution in [-0.2, 0) is 0 Å². The molecule has 0 amide bonds. The first-order chi connectivity index (χ1) is 7.31. The highest BCUT2D eigenvalue weighted by Crippen LogP contribution is 2.16. The van der Waals surface area contributed by atoms with Crippen LogP contribution in [0.2, 0.25) is 0 Å². The minimum atomic E-state index is -0.462. The van der Waals surface area contributed by atoms with Gasteiger partial charge in [-0.25, -0.2) is 4.79 Å². The highest BCUT2D eigenvalue weighted by Gasteiger charge is 2.04. The van der Waals surface area contributed by atoms with Crippen LogP contribution in [0.25, 0.3) is 11.0 Å². The molecule has 0 saturated carbocycles. The molecule has 15 heavy (non-hydrogen) atoms. The Morgan fingerprint density at radius 1 is 1.40 bits per heavy atom. The monoisotopic (exact) mass is 202 g/mol. The summed E-state index contributed by atoms with van der Waals surface area (Å²) in [7, 11) is 0. The zero-order valence-corrected chi connectivity index (χ0v) is 8.10. The Labute approximate surface area is 86.6 Å². The Kier molecular flexibility index (Phi) is 2.54. The molecule has 3 nitrogen and oxygen atoms in total. The molecule has 0 radical (unpaired) electrons. The summed E-state index contributed by atoms with van der Waals surface area (Å²) >= 11 is 0. The first-order valence-corrected chi connectivity index (χ1v) is 4.58. The number of ether oxygens (including phenoxy) is 1. The lowest BCUT2D eigenvalue weighted by molar-refractivity contribution is 0.342. The van der Waals surface area contributed by atoms with E-state index in [1.807, 2.05) is 18.2 Å². The van der Waals surface area contributed by atoms with Gasteiger partial charge in [-0.05, 0) is 12.1 Å². The molecule has 2 aromatic rings. The van der Waals surface area contributed by atoms with Gasteiger partial charge in [-0.1, -0.05) is 30.9 Å². The number of fused-ring (bicyclic) bond motifs is 1. The molecule has 2 rings (SSSR count). The zero-order chi connectivity index (χ0) is 10.7. The molecule has 0 unspecified atom stereocenters. The van der Waals surface area contributed by atoms with Gasteiger partial charge in [-0.2, -0.15) is 0 Å². The van der Waals surface area contributed by atoms with Gasteiger partial charge in [0.15, 0.2) is 0 Å². The third-order valence-electron chi connectivity index (χ3n) is 1.97. The lowest BCUT2D eigenvalue weighted by Crippen LogP contribution is -2.06. The topological polar surface area (TPSA) is 39.4 Å². The van der Waals surface area contributed by atoms with Crippen molar-refractivity contribution in [2.24, 2.45) is 0 Å². The number of hydrogen-bond donors (Lipinski definition) is 0. The predicted molar refractivity (Wildman–Crippen MR) is 58.2 cm³/mol. The molecule has 0 N–H and O–H groups in total. The fraction of sp³-hybridized carbons (Fsp3) is 0.0833. The molecule has 0 aliphatic carbocycles. The number of benzene rings is 1. The lowest BCUT2D eigenvalue weighted by Gasteiger charge is -2.02. The molecule has 0 spiro atoms. The summed E-state index contributed by atoms with van der Waals surface area (Å²) in [5, 5.41) is 0.844. The summed E-state index contributed by atoms with van der Waals surface area (Å²) in [6, 6.07) is 8.97. The molecule has 3 heteroatoms. The van der Waals surface area contributed by atoms with E-state index < -0.39 is 5.63 Å². The smallest absolute Gasteiger partial charge is 0.379 e. The Bertz CT molecular complexity index is 540. The van der Waals surface area contributed by atoms with Crippen molar-refractivity contribution in [3.63, 3.8) is 0 Å². The van der Waals surface area contributed by atoms with Crippen molar-refractivity contribution in [3.8, 4) is 5.75 Å². The van der Waals surface area contributed by atoms with E-state index in [-0.39, 0.29) is 5.75 Å². The van der Waals surface area contributed by atoms with Gasteiger partial charge in [0.2, 0.25) is 5.75 Å². The standard InChI is InChI=1S/C12H10O3/c1-2-7-14-11-8-9-5-3-4-6-10(9)15-12(11)13/h2-6,8H,1,7H2. The molecule has 0 aliphatic heterocycles. The Morgan fingerprint density at radius 3 is 3.00 bits per heavy atom. The van der Waals surface area contributed by atoms with Crippen LogP contribution in [0.5, 0.6) is 5.75 Å². The minimum absolute atomic E-state index is 0.216. The van der Waals surface area contributed by atoms with E-state index in [1.165, 1.54) is 0 Å². The van der Waals surface area contributed by atoms with E-state index in [1.54, 1.807) is 18.2 Å².